The van der Waals surface area contributed by atoms with Crippen LogP contribution < -0.4 is 14.4 Å². The summed E-state index contributed by atoms with van der Waals surface area (Å²) in [5, 5.41) is 0.110. The maximum Gasteiger partial charge on any atom is 0.341 e. The van der Waals surface area contributed by atoms with Crippen molar-refractivity contribution in [2.75, 3.05) is 33.2 Å². The molecule has 0 saturated carbocycles. The first-order chi connectivity index (χ1) is 24.5. The molecule has 5 nitrogen and oxygen atoms in total. The van der Waals surface area contributed by atoms with Crippen molar-refractivity contribution < 1.29 is 19.0 Å². The van der Waals surface area contributed by atoms with Gasteiger partial charge in [-0.3, -0.25) is 0 Å². The predicted octanol–water partition coefficient (Wildman–Crippen LogP) is 11.7. The minimum Gasteiger partial charge on any atom is -0.497 e. The summed E-state index contributed by atoms with van der Waals surface area (Å²) in [7, 11) is 7.25. The number of carbonyl (C=O) groups is 1. The number of anilines is 1. The third-order valence-corrected chi connectivity index (χ3v) is 10.8. The van der Waals surface area contributed by atoms with Gasteiger partial charge in [0, 0.05) is 31.8 Å². The van der Waals surface area contributed by atoms with E-state index in [0.717, 1.165) is 50.4 Å². The normalized spacial score (nSPS) is 15.7. The molecule has 5 aromatic rings. The molecule has 0 aliphatic carbocycles. The Bertz CT molecular complexity index is 2140. The maximum atomic E-state index is 13.9. The van der Waals surface area contributed by atoms with Crippen molar-refractivity contribution in [1.82, 2.24) is 0 Å². The fraction of sp³-hybridized carbons (Fsp3) is 0.167. The first-order valence-corrected chi connectivity index (χ1v) is 17.6. The van der Waals surface area contributed by atoms with Crippen molar-refractivity contribution >= 4 is 69.2 Å². The number of benzene rings is 5. The highest BCUT2D eigenvalue weighted by molar-refractivity contribution is 6.53. The van der Waals surface area contributed by atoms with Crippen LogP contribution >= 0.6 is 46.4 Å². The smallest absolute Gasteiger partial charge is 0.341 e. The van der Waals surface area contributed by atoms with Gasteiger partial charge in [0.1, 0.15) is 11.5 Å². The fourth-order valence-electron chi connectivity index (χ4n) is 6.23. The van der Waals surface area contributed by atoms with Crippen molar-refractivity contribution in [3.63, 3.8) is 0 Å². The van der Waals surface area contributed by atoms with Gasteiger partial charge in [0.05, 0.1) is 39.9 Å². The van der Waals surface area contributed by atoms with Gasteiger partial charge in [-0.25, -0.2) is 4.79 Å². The van der Waals surface area contributed by atoms with Crippen molar-refractivity contribution in [3.05, 3.63) is 168 Å². The van der Waals surface area contributed by atoms with E-state index in [-0.39, 0.29) is 32.1 Å². The highest BCUT2D eigenvalue weighted by Crippen LogP contribution is 2.53. The van der Waals surface area contributed by atoms with E-state index in [1.54, 1.807) is 14.2 Å². The number of ether oxygens (including phenoxy) is 3. The number of rotatable bonds is 10. The molecule has 5 aromatic carbocycles. The summed E-state index contributed by atoms with van der Waals surface area (Å²) in [5.41, 5.74) is 6.49. The largest absolute Gasteiger partial charge is 0.497 e. The van der Waals surface area contributed by atoms with Gasteiger partial charge in [-0.15, -0.1) is 0 Å². The number of fused-ring (bicyclic) bond motifs is 1. The van der Waals surface area contributed by atoms with Crippen molar-refractivity contribution in [2.45, 2.75) is 18.9 Å². The minimum absolute atomic E-state index is 0.0110. The number of esters is 1. The first kappa shape index (κ1) is 36.4. The second-order valence-electron chi connectivity index (χ2n) is 12.4. The molecule has 0 bridgehead atoms. The molecule has 9 heteroatoms. The van der Waals surface area contributed by atoms with E-state index in [9.17, 15) is 4.79 Å². The Morgan fingerprint density at radius 2 is 1.12 bits per heavy atom. The minimum atomic E-state index is -1.46. The molecule has 0 radical (unpaired) electrons. The molecule has 0 N–H and O–H groups in total. The first-order valence-electron chi connectivity index (χ1n) is 16.1. The number of carbonyl (C=O) groups excluding carboxylic acids is 1. The topological polar surface area (TPSA) is 48.0 Å². The summed E-state index contributed by atoms with van der Waals surface area (Å²) in [6.45, 7) is 2.03. The molecule has 1 aliphatic heterocycles. The highest BCUT2D eigenvalue weighted by atomic mass is 35.5. The third-order valence-electron chi connectivity index (χ3n) is 9.02. The Morgan fingerprint density at radius 1 is 0.667 bits per heavy atom. The second kappa shape index (κ2) is 15.1. The van der Waals surface area contributed by atoms with Crippen LogP contribution in [0, 0.1) is 6.92 Å². The second-order valence-corrected chi connectivity index (χ2v) is 13.9. The van der Waals surface area contributed by atoms with Gasteiger partial charge in [-0.2, -0.15) is 0 Å². The van der Waals surface area contributed by atoms with Crippen LogP contribution in [0.4, 0.5) is 5.69 Å². The highest BCUT2D eigenvalue weighted by Gasteiger charge is 2.48. The van der Waals surface area contributed by atoms with Gasteiger partial charge >= 0.3 is 5.97 Å². The summed E-state index contributed by atoms with van der Waals surface area (Å²) in [4.78, 5) is 15.9. The van der Waals surface area contributed by atoms with Crippen LogP contribution in [-0.4, -0.2) is 34.3 Å². The van der Waals surface area contributed by atoms with Crippen LogP contribution in [0.3, 0.4) is 0 Å². The van der Waals surface area contributed by atoms with Crippen LogP contribution in [-0.2, 0) is 10.3 Å². The molecular formula is C42H35Cl4NO4. The van der Waals surface area contributed by atoms with Crippen LogP contribution in [0.2, 0.25) is 20.1 Å². The van der Waals surface area contributed by atoms with Gasteiger partial charge in [0.25, 0.3) is 0 Å². The fourth-order valence-corrected chi connectivity index (χ4v) is 7.32. The number of nitrogens with zero attached hydrogens (tertiary/aromatic N) is 1. The molecule has 0 saturated heterocycles. The van der Waals surface area contributed by atoms with Gasteiger partial charge in [-0.05, 0) is 82.8 Å². The molecule has 1 aliphatic rings. The van der Waals surface area contributed by atoms with Crippen molar-refractivity contribution in [2.24, 2.45) is 0 Å². The zero-order chi connectivity index (χ0) is 36.4. The Balaban J connectivity index is 1.64. The number of halogens is 4. The Hall–Kier alpha value is -4.39. The standard InChI is InChI=1S/C42H35Cl4NO4/c1-25-6-8-28(9-7-25)34(29-14-20-32(50-5)21-15-29)24-42(36-35(41(48)51-42)37(43)39(45)40(46)38(36)44)23-22-33(27-12-18-31(49-4)19-13-27)26-10-16-30(17-11-26)47(2)3/h6-22,24H,23H2,1-5H3/b33-22-,34-24-. The van der Waals surface area contributed by atoms with E-state index in [1.807, 2.05) is 105 Å². The van der Waals surface area contributed by atoms with Crippen molar-refractivity contribution in [1.29, 1.82) is 0 Å². The van der Waals surface area contributed by atoms with E-state index in [4.69, 9.17) is 60.6 Å². The monoisotopic (exact) mass is 757 g/mol. The molecule has 1 heterocycles. The van der Waals surface area contributed by atoms with Crippen LogP contribution in [0.15, 0.2) is 109 Å². The number of cyclic esters (lactones) is 1. The number of aryl methyl sites for hydroxylation is 1. The summed E-state index contributed by atoms with van der Waals surface area (Å²) in [5.74, 6) is 0.784. The average molecular weight is 760 g/mol. The molecule has 0 aromatic heterocycles. The SMILES string of the molecule is COc1ccc(/C(=C\C2(C/C=C(\c3ccc(OC)cc3)c3ccc(N(C)C)cc3)OC(=O)c3c(Cl)c(Cl)c(Cl)c(Cl)c32)c2ccc(C)cc2)cc1. The molecule has 6 rings (SSSR count). The summed E-state index contributed by atoms with van der Waals surface area (Å²) in [6, 6.07) is 31.9. The molecule has 0 fully saturated rings. The summed E-state index contributed by atoms with van der Waals surface area (Å²) in [6.07, 6.45) is 4.16. The van der Waals surface area contributed by atoms with Crippen LogP contribution in [0.25, 0.3) is 11.1 Å². The average Bonchev–Trinajstić information content (AvgIpc) is 3.44. The Kier molecular flexibility index (Phi) is 10.8. The van der Waals surface area contributed by atoms with Gasteiger partial charge in [-0.1, -0.05) is 119 Å². The zero-order valence-electron chi connectivity index (χ0n) is 28.7. The molecule has 1 unspecified atom stereocenters. The molecule has 0 amide bonds. The quantitative estimate of drug-likeness (QED) is 0.0806. The Morgan fingerprint density at radius 3 is 1.61 bits per heavy atom. The molecule has 260 valence electrons. The number of hydrogen-bond acceptors (Lipinski definition) is 5. The lowest BCUT2D eigenvalue weighted by atomic mass is 9.83. The zero-order valence-corrected chi connectivity index (χ0v) is 31.7. The molecule has 0 spiro atoms. The third kappa shape index (κ3) is 7.22. The van der Waals surface area contributed by atoms with Crippen molar-refractivity contribution in [3.8, 4) is 11.5 Å². The lowest BCUT2D eigenvalue weighted by molar-refractivity contribution is 0.0153. The lowest BCUT2D eigenvalue weighted by Crippen LogP contribution is -2.24. The summed E-state index contributed by atoms with van der Waals surface area (Å²) < 4.78 is 17.4. The molecule has 1 atom stereocenters. The molecule has 51 heavy (non-hydrogen) atoms. The van der Waals surface area contributed by atoms with E-state index in [2.05, 4.69) is 30.3 Å². The maximum absolute atomic E-state index is 13.9. The van der Waals surface area contributed by atoms with Crippen LogP contribution in [0.1, 0.15) is 50.2 Å². The van der Waals surface area contributed by atoms with Crippen LogP contribution in [0.5, 0.6) is 11.5 Å². The van der Waals surface area contributed by atoms with E-state index in [1.165, 1.54) is 0 Å². The van der Waals surface area contributed by atoms with E-state index >= 15 is 0 Å². The van der Waals surface area contributed by atoms with Gasteiger partial charge in [0.2, 0.25) is 0 Å². The summed E-state index contributed by atoms with van der Waals surface area (Å²) >= 11 is 27.0. The van der Waals surface area contributed by atoms with E-state index in [0.29, 0.717) is 11.3 Å². The van der Waals surface area contributed by atoms with Gasteiger partial charge in [0.15, 0.2) is 5.60 Å². The number of methoxy groups -OCH3 is 2. The Labute approximate surface area is 318 Å². The van der Waals surface area contributed by atoms with Gasteiger partial charge < -0.3 is 19.1 Å². The molecular weight excluding hydrogens is 724 g/mol. The number of hydrogen-bond donors (Lipinski definition) is 0. The van der Waals surface area contributed by atoms with E-state index < -0.39 is 11.6 Å². The predicted molar refractivity (Wildman–Crippen MR) is 210 cm³/mol. The lowest BCUT2D eigenvalue weighted by Gasteiger charge is -2.28.